The third-order valence-corrected chi connectivity index (χ3v) is 4.56. The number of carbonyl (C=O) groups excluding carboxylic acids is 1. The summed E-state index contributed by atoms with van der Waals surface area (Å²) >= 11 is 0. The highest BCUT2D eigenvalue weighted by Crippen LogP contribution is 2.23. The van der Waals surface area contributed by atoms with Crippen molar-refractivity contribution in [3.8, 4) is 0 Å². The molecule has 6 nitrogen and oxygen atoms in total. The summed E-state index contributed by atoms with van der Waals surface area (Å²) in [6.45, 7) is 3.00. The van der Waals surface area contributed by atoms with Crippen molar-refractivity contribution in [2.75, 3.05) is 13.2 Å². The largest absolute Gasteiger partial charge is 0.440 e. The van der Waals surface area contributed by atoms with Crippen LogP contribution in [0, 0.1) is 5.92 Å². The molecule has 7 heteroatoms. The van der Waals surface area contributed by atoms with Gasteiger partial charge < -0.3 is 9.15 Å². The molecule has 0 bridgehead atoms. The van der Waals surface area contributed by atoms with Crippen LogP contribution in [0.15, 0.2) is 21.6 Å². The van der Waals surface area contributed by atoms with Crippen molar-refractivity contribution >= 4 is 16.3 Å². The number of sulfonamides is 1. The van der Waals surface area contributed by atoms with Gasteiger partial charge in [-0.3, -0.25) is 4.79 Å². The summed E-state index contributed by atoms with van der Waals surface area (Å²) in [6, 6.07) is 2.60. The predicted molar refractivity (Wildman–Crippen MR) is 67.4 cm³/mol. The highest BCUT2D eigenvalue weighted by molar-refractivity contribution is 7.89. The van der Waals surface area contributed by atoms with Crippen molar-refractivity contribution in [2.45, 2.75) is 31.0 Å². The number of ether oxygens (including phenoxy) is 1. The third kappa shape index (κ3) is 3.23. The fourth-order valence-corrected chi connectivity index (χ4v) is 3.24. The summed E-state index contributed by atoms with van der Waals surface area (Å²) in [5.41, 5.74) is 0. The van der Waals surface area contributed by atoms with Crippen LogP contribution in [0.1, 0.15) is 30.3 Å². The van der Waals surface area contributed by atoms with Crippen molar-refractivity contribution in [1.82, 2.24) is 4.72 Å². The highest BCUT2D eigenvalue weighted by atomic mass is 32.2. The van der Waals surface area contributed by atoms with E-state index in [-0.39, 0.29) is 22.9 Å². The summed E-state index contributed by atoms with van der Waals surface area (Å²) in [5.74, 6) is 0.177. The van der Waals surface area contributed by atoms with Crippen LogP contribution in [0.3, 0.4) is 0 Å². The molecule has 1 aliphatic rings. The standard InChI is InChI=1S/C12H17NO5S/c1-2-11-9(5-6-17-11)7-13-19(15,16)12-4-3-10(8-14)18-12/h3-4,8-9,11,13H,2,5-7H2,1H3. The molecule has 2 atom stereocenters. The lowest BCUT2D eigenvalue weighted by molar-refractivity contribution is 0.0884. The Kier molecular flexibility index (Phi) is 4.38. The van der Waals surface area contributed by atoms with E-state index >= 15 is 0 Å². The summed E-state index contributed by atoms with van der Waals surface area (Å²) in [7, 11) is -3.70. The Balaban J connectivity index is 1.99. The molecule has 0 amide bonds. The molecule has 1 fully saturated rings. The second kappa shape index (κ2) is 5.85. The van der Waals surface area contributed by atoms with Crippen LogP contribution in [0.25, 0.3) is 0 Å². The number of hydrogen-bond donors (Lipinski definition) is 1. The minimum Gasteiger partial charge on any atom is -0.440 e. The van der Waals surface area contributed by atoms with Crippen molar-refractivity contribution in [3.05, 3.63) is 17.9 Å². The summed E-state index contributed by atoms with van der Waals surface area (Å²) in [4.78, 5) is 10.5. The van der Waals surface area contributed by atoms with Gasteiger partial charge >= 0.3 is 0 Å². The predicted octanol–water partition coefficient (Wildman–Crippen LogP) is 1.19. The van der Waals surface area contributed by atoms with Gasteiger partial charge in [0.05, 0.1) is 6.10 Å². The Bertz CT molecular complexity index is 536. The summed E-state index contributed by atoms with van der Waals surface area (Å²) in [6.07, 6.45) is 2.28. The molecule has 1 saturated heterocycles. The maximum atomic E-state index is 12.0. The first-order chi connectivity index (χ1) is 9.06. The van der Waals surface area contributed by atoms with E-state index in [2.05, 4.69) is 4.72 Å². The van der Waals surface area contributed by atoms with Crippen molar-refractivity contribution in [1.29, 1.82) is 0 Å². The van der Waals surface area contributed by atoms with Gasteiger partial charge in [0.15, 0.2) is 12.0 Å². The van der Waals surface area contributed by atoms with Gasteiger partial charge in [0.2, 0.25) is 5.09 Å². The Labute approximate surface area is 112 Å². The Hall–Kier alpha value is -1.18. The molecule has 106 valence electrons. The van der Waals surface area contributed by atoms with E-state index in [1.165, 1.54) is 12.1 Å². The molecule has 0 radical (unpaired) electrons. The van der Waals surface area contributed by atoms with E-state index in [9.17, 15) is 13.2 Å². The normalized spacial score (nSPS) is 23.6. The van der Waals surface area contributed by atoms with Crippen LogP contribution in [0.4, 0.5) is 0 Å². The molecule has 1 aromatic rings. The zero-order valence-electron chi connectivity index (χ0n) is 10.7. The molecule has 2 heterocycles. The van der Waals surface area contributed by atoms with Crippen LogP contribution in [-0.2, 0) is 14.8 Å². The van der Waals surface area contributed by atoms with Crippen LogP contribution in [0.5, 0.6) is 0 Å². The quantitative estimate of drug-likeness (QED) is 0.794. The van der Waals surface area contributed by atoms with Crippen LogP contribution in [-0.4, -0.2) is 34.0 Å². The second-order valence-corrected chi connectivity index (χ2v) is 6.19. The topological polar surface area (TPSA) is 85.6 Å². The summed E-state index contributed by atoms with van der Waals surface area (Å²) < 4.78 is 36.8. The number of nitrogens with one attached hydrogen (secondary N) is 1. The zero-order valence-corrected chi connectivity index (χ0v) is 11.5. The lowest BCUT2D eigenvalue weighted by Gasteiger charge is -2.16. The number of aldehydes is 1. The van der Waals surface area contributed by atoms with Crippen molar-refractivity contribution in [3.63, 3.8) is 0 Å². The molecule has 2 unspecified atom stereocenters. The second-order valence-electron chi connectivity index (χ2n) is 4.49. The molecule has 19 heavy (non-hydrogen) atoms. The van der Waals surface area contributed by atoms with Crippen molar-refractivity contribution in [2.24, 2.45) is 5.92 Å². The molecule has 0 saturated carbocycles. The molecule has 1 aliphatic heterocycles. The monoisotopic (exact) mass is 287 g/mol. The molecular weight excluding hydrogens is 270 g/mol. The highest BCUT2D eigenvalue weighted by Gasteiger charge is 2.29. The van der Waals surface area contributed by atoms with Crippen LogP contribution >= 0.6 is 0 Å². The summed E-state index contributed by atoms with van der Waals surface area (Å²) in [5, 5.41) is -0.235. The molecule has 1 N–H and O–H groups in total. The number of hydrogen-bond acceptors (Lipinski definition) is 5. The minimum atomic E-state index is -3.70. The van der Waals surface area contributed by atoms with Crippen molar-refractivity contribution < 1.29 is 22.4 Å². The van der Waals surface area contributed by atoms with E-state index in [1.54, 1.807) is 0 Å². The van der Waals surface area contributed by atoms with E-state index in [0.29, 0.717) is 19.4 Å². The fourth-order valence-electron chi connectivity index (χ4n) is 2.21. The SMILES string of the molecule is CCC1OCCC1CNS(=O)(=O)c1ccc(C=O)o1. The Morgan fingerprint density at radius 3 is 2.89 bits per heavy atom. The third-order valence-electron chi connectivity index (χ3n) is 3.27. The first-order valence-electron chi connectivity index (χ1n) is 6.23. The Morgan fingerprint density at radius 2 is 2.26 bits per heavy atom. The lowest BCUT2D eigenvalue weighted by Crippen LogP contribution is -2.32. The van der Waals surface area contributed by atoms with Gasteiger partial charge in [-0.2, -0.15) is 0 Å². The first-order valence-corrected chi connectivity index (χ1v) is 7.71. The smallest absolute Gasteiger partial charge is 0.273 e. The van der Waals surface area contributed by atoms with Gasteiger partial charge in [-0.1, -0.05) is 6.92 Å². The van der Waals surface area contributed by atoms with E-state index < -0.39 is 10.0 Å². The van der Waals surface area contributed by atoms with Crippen LogP contribution < -0.4 is 4.72 Å². The molecule has 0 spiro atoms. The van der Waals surface area contributed by atoms with Gasteiger partial charge in [-0.05, 0) is 25.0 Å². The van der Waals surface area contributed by atoms with Gasteiger partial charge in [-0.15, -0.1) is 0 Å². The maximum absolute atomic E-state index is 12.0. The van der Waals surface area contributed by atoms with Gasteiger partial charge in [0, 0.05) is 19.1 Å². The van der Waals surface area contributed by atoms with E-state index in [4.69, 9.17) is 9.15 Å². The Morgan fingerprint density at radius 1 is 1.47 bits per heavy atom. The van der Waals surface area contributed by atoms with Crippen LogP contribution in [0.2, 0.25) is 0 Å². The molecular formula is C12H17NO5S. The van der Waals surface area contributed by atoms with E-state index in [1.807, 2.05) is 6.92 Å². The average Bonchev–Trinajstić information content (AvgIpc) is 3.05. The first kappa shape index (κ1) is 14.2. The van der Waals surface area contributed by atoms with E-state index in [0.717, 1.165) is 12.8 Å². The lowest BCUT2D eigenvalue weighted by atomic mass is 10.0. The number of rotatable bonds is 6. The van der Waals surface area contributed by atoms with Gasteiger partial charge in [-0.25, -0.2) is 13.1 Å². The minimum absolute atomic E-state index is 0.00369. The number of carbonyl (C=O) groups is 1. The zero-order chi connectivity index (χ0) is 13.9. The molecule has 0 aliphatic carbocycles. The van der Waals surface area contributed by atoms with Gasteiger partial charge in [0.25, 0.3) is 10.0 Å². The molecule has 2 rings (SSSR count). The fraction of sp³-hybridized carbons (Fsp3) is 0.583. The number of furan rings is 1. The molecule has 0 aromatic carbocycles. The average molecular weight is 287 g/mol. The molecule has 1 aromatic heterocycles. The maximum Gasteiger partial charge on any atom is 0.273 e. The van der Waals surface area contributed by atoms with Gasteiger partial charge in [0.1, 0.15) is 0 Å².